The van der Waals surface area contributed by atoms with E-state index in [0.29, 0.717) is 25.7 Å². The monoisotopic (exact) mass is 522 g/mol. The molecule has 0 aliphatic rings. The van der Waals surface area contributed by atoms with Crippen LogP contribution in [0.15, 0.2) is 30.3 Å². The first-order chi connectivity index (χ1) is 17.4. The second kappa shape index (κ2) is 17.4. The van der Waals surface area contributed by atoms with Crippen LogP contribution in [0.1, 0.15) is 101 Å². The van der Waals surface area contributed by atoms with Crippen molar-refractivity contribution in [1.29, 1.82) is 0 Å². The number of ether oxygens (including phenoxy) is 5. The van der Waals surface area contributed by atoms with Crippen molar-refractivity contribution in [3.05, 3.63) is 30.3 Å². The van der Waals surface area contributed by atoms with Gasteiger partial charge in [-0.25, -0.2) is 0 Å². The van der Waals surface area contributed by atoms with E-state index in [1.54, 1.807) is 0 Å². The summed E-state index contributed by atoms with van der Waals surface area (Å²) in [5, 5.41) is 0. The Hall–Kier alpha value is -1.14. The summed E-state index contributed by atoms with van der Waals surface area (Å²) in [5.41, 5.74) is -0.670. The number of hydrogen-bond donors (Lipinski definition) is 0. The van der Waals surface area contributed by atoms with Gasteiger partial charge in [-0.3, -0.25) is 0 Å². The molecule has 4 unspecified atom stereocenters. The molecule has 0 bridgehead atoms. The molecule has 4 atom stereocenters. The zero-order valence-electron chi connectivity index (χ0n) is 25.7. The second-order valence-electron chi connectivity index (χ2n) is 12.0. The van der Waals surface area contributed by atoms with Gasteiger partial charge in [-0.1, -0.05) is 58.2 Å². The topological polar surface area (TPSA) is 46.2 Å². The lowest BCUT2D eigenvalue weighted by molar-refractivity contribution is -0.147. The molecule has 0 spiro atoms. The van der Waals surface area contributed by atoms with Crippen molar-refractivity contribution in [3.63, 3.8) is 0 Å². The molecule has 5 heteroatoms. The SMILES string of the molecule is CCCCC(CC)COCC(COc1ccccc1)OC(C)(C)CCOC(C)(C)C(C)C(C)OC(C)C. The van der Waals surface area contributed by atoms with Crippen molar-refractivity contribution in [3.8, 4) is 5.75 Å². The fraction of sp³-hybridized carbons (Fsp3) is 0.812. The molecule has 216 valence electrons. The molecule has 0 fully saturated rings. The quantitative estimate of drug-likeness (QED) is 0.163. The van der Waals surface area contributed by atoms with Crippen molar-refractivity contribution in [2.75, 3.05) is 26.4 Å². The summed E-state index contributed by atoms with van der Waals surface area (Å²) >= 11 is 0. The van der Waals surface area contributed by atoms with Gasteiger partial charge in [0.15, 0.2) is 0 Å². The van der Waals surface area contributed by atoms with Crippen LogP contribution in [0.4, 0.5) is 0 Å². The van der Waals surface area contributed by atoms with E-state index in [1.165, 1.54) is 19.3 Å². The molecule has 0 saturated heterocycles. The fourth-order valence-electron chi connectivity index (χ4n) is 4.40. The van der Waals surface area contributed by atoms with E-state index in [1.807, 2.05) is 30.3 Å². The molecule has 1 aromatic carbocycles. The molecular formula is C32H58O5. The van der Waals surface area contributed by atoms with Gasteiger partial charge in [0, 0.05) is 12.5 Å². The lowest BCUT2D eigenvalue weighted by atomic mass is 9.88. The predicted octanol–water partition coefficient (Wildman–Crippen LogP) is 8.10. The van der Waals surface area contributed by atoms with Crippen LogP contribution in [0.5, 0.6) is 5.75 Å². The van der Waals surface area contributed by atoms with Gasteiger partial charge in [0.1, 0.15) is 18.5 Å². The number of rotatable bonds is 21. The van der Waals surface area contributed by atoms with Crippen LogP contribution in [0.25, 0.3) is 0 Å². The third-order valence-corrected chi connectivity index (χ3v) is 7.33. The minimum Gasteiger partial charge on any atom is -0.491 e. The summed E-state index contributed by atoms with van der Waals surface area (Å²) in [7, 11) is 0. The van der Waals surface area contributed by atoms with E-state index in [4.69, 9.17) is 23.7 Å². The molecule has 0 N–H and O–H groups in total. The smallest absolute Gasteiger partial charge is 0.119 e. The fourth-order valence-corrected chi connectivity index (χ4v) is 4.40. The lowest BCUT2D eigenvalue weighted by Crippen LogP contribution is -2.42. The van der Waals surface area contributed by atoms with Crippen LogP contribution in [-0.2, 0) is 18.9 Å². The van der Waals surface area contributed by atoms with Crippen molar-refractivity contribution in [1.82, 2.24) is 0 Å². The van der Waals surface area contributed by atoms with Gasteiger partial charge in [-0.15, -0.1) is 0 Å². The normalized spacial score (nSPS) is 16.0. The van der Waals surface area contributed by atoms with Gasteiger partial charge in [-0.2, -0.15) is 0 Å². The first-order valence-electron chi connectivity index (χ1n) is 14.6. The molecule has 0 saturated carbocycles. The third-order valence-electron chi connectivity index (χ3n) is 7.33. The molecule has 0 radical (unpaired) electrons. The summed E-state index contributed by atoms with van der Waals surface area (Å²) in [6.45, 7) is 23.9. The number of para-hydroxylation sites is 1. The van der Waals surface area contributed by atoms with Gasteiger partial charge < -0.3 is 23.7 Å². The Morgan fingerprint density at radius 1 is 0.865 bits per heavy atom. The van der Waals surface area contributed by atoms with E-state index in [-0.39, 0.29) is 35.4 Å². The lowest BCUT2D eigenvalue weighted by Gasteiger charge is -2.38. The minimum atomic E-state index is -0.375. The summed E-state index contributed by atoms with van der Waals surface area (Å²) in [6, 6.07) is 9.91. The maximum absolute atomic E-state index is 6.58. The largest absolute Gasteiger partial charge is 0.491 e. The van der Waals surface area contributed by atoms with Gasteiger partial charge in [-0.05, 0) is 79.4 Å². The Morgan fingerprint density at radius 3 is 2.14 bits per heavy atom. The van der Waals surface area contributed by atoms with E-state index in [0.717, 1.165) is 25.2 Å². The summed E-state index contributed by atoms with van der Waals surface area (Å²) in [5.74, 6) is 1.71. The van der Waals surface area contributed by atoms with Crippen LogP contribution in [0.3, 0.4) is 0 Å². The number of hydrogen-bond acceptors (Lipinski definition) is 5. The maximum atomic E-state index is 6.58. The first kappa shape index (κ1) is 33.9. The molecule has 1 aromatic rings. The van der Waals surface area contributed by atoms with E-state index in [2.05, 4.69) is 69.2 Å². The average molecular weight is 523 g/mol. The Bertz CT molecular complexity index is 688. The van der Waals surface area contributed by atoms with Crippen molar-refractivity contribution in [2.45, 2.75) is 131 Å². The van der Waals surface area contributed by atoms with Gasteiger partial charge >= 0.3 is 0 Å². The van der Waals surface area contributed by atoms with Crippen molar-refractivity contribution >= 4 is 0 Å². The highest BCUT2D eigenvalue weighted by Crippen LogP contribution is 2.28. The highest BCUT2D eigenvalue weighted by atomic mass is 16.6. The standard InChI is InChI=1S/C32H58O5/c1-11-13-17-28(12-2)22-33-23-30(24-34-29-18-15-14-16-19-29)37-31(7,8)20-21-35-32(9,10)26(5)27(6)36-25(3)4/h14-16,18-19,25-28,30H,11-13,17,20-24H2,1-10H3. The average Bonchev–Trinajstić information content (AvgIpc) is 2.83. The zero-order chi connectivity index (χ0) is 27.9. The Labute approximate surface area is 228 Å². The van der Waals surface area contributed by atoms with E-state index >= 15 is 0 Å². The van der Waals surface area contributed by atoms with Crippen molar-refractivity contribution < 1.29 is 23.7 Å². The Balaban J connectivity index is 2.68. The molecule has 0 aliphatic heterocycles. The molecule has 0 heterocycles. The van der Waals surface area contributed by atoms with Crippen molar-refractivity contribution in [2.24, 2.45) is 11.8 Å². The molecule has 0 aliphatic carbocycles. The Morgan fingerprint density at radius 2 is 1.54 bits per heavy atom. The Kier molecular flexibility index (Phi) is 16.0. The summed E-state index contributed by atoms with van der Waals surface area (Å²) < 4.78 is 31.2. The van der Waals surface area contributed by atoms with Crippen LogP contribution < -0.4 is 4.74 Å². The van der Waals surface area contributed by atoms with Crippen LogP contribution in [0, 0.1) is 11.8 Å². The van der Waals surface area contributed by atoms with Gasteiger partial charge in [0.05, 0.1) is 36.6 Å². The number of benzene rings is 1. The number of unbranched alkanes of at least 4 members (excludes halogenated alkanes) is 1. The van der Waals surface area contributed by atoms with Crippen LogP contribution in [-0.4, -0.2) is 55.9 Å². The second-order valence-corrected chi connectivity index (χ2v) is 12.0. The summed E-state index contributed by atoms with van der Waals surface area (Å²) in [6.07, 6.45) is 5.79. The minimum absolute atomic E-state index is 0.125. The van der Waals surface area contributed by atoms with E-state index < -0.39 is 0 Å². The highest BCUT2D eigenvalue weighted by molar-refractivity contribution is 5.20. The predicted molar refractivity (Wildman–Crippen MR) is 155 cm³/mol. The highest BCUT2D eigenvalue weighted by Gasteiger charge is 2.33. The zero-order valence-corrected chi connectivity index (χ0v) is 25.7. The first-order valence-corrected chi connectivity index (χ1v) is 14.6. The van der Waals surface area contributed by atoms with Gasteiger partial charge in [0.2, 0.25) is 0 Å². The molecular weight excluding hydrogens is 464 g/mol. The molecule has 0 amide bonds. The summed E-state index contributed by atoms with van der Waals surface area (Å²) in [4.78, 5) is 0. The van der Waals surface area contributed by atoms with Crippen LogP contribution in [0.2, 0.25) is 0 Å². The maximum Gasteiger partial charge on any atom is 0.119 e. The van der Waals surface area contributed by atoms with Crippen LogP contribution >= 0.6 is 0 Å². The third kappa shape index (κ3) is 14.6. The molecule has 1 rings (SSSR count). The molecule has 37 heavy (non-hydrogen) atoms. The molecule has 5 nitrogen and oxygen atoms in total. The van der Waals surface area contributed by atoms with Gasteiger partial charge in [0.25, 0.3) is 0 Å². The molecule has 0 aromatic heterocycles. The van der Waals surface area contributed by atoms with E-state index in [9.17, 15) is 0 Å².